The zero-order valence-corrected chi connectivity index (χ0v) is 9.10. The van der Waals surface area contributed by atoms with Gasteiger partial charge in [-0.15, -0.1) is 0 Å². The number of esters is 1. The molecule has 1 aromatic carbocycles. The summed E-state index contributed by atoms with van der Waals surface area (Å²) < 4.78 is 18.1. The topological polar surface area (TPSA) is 52.3 Å². The van der Waals surface area contributed by atoms with Gasteiger partial charge in [-0.2, -0.15) is 0 Å². The molecule has 0 amide bonds. The second-order valence-corrected chi connectivity index (χ2v) is 3.54. The molecule has 0 radical (unpaired) electrons. The fourth-order valence-electron chi connectivity index (χ4n) is 1.00. The molecule has 2 N–H and O–H groups in total. The fraction of sp³-hybridized carbons (Fsp3) is 0.222. The molecule has 0 saturated heterocycles. The van der Waals surface area contributed by atoms with Crippen molar-refractivity contribution in [3.05, 3.63) is 28.0 Å². The smallest absolute Gasteiger partial charge is 0.310 e. The van der Waals surface area contributed by atoms with Crippen molar-refractivity contribution < 1.29 is 13.9 Å². The molecule has 0 spiro atoms. The van der Waals surface area contributed by atoms with Gasteiger partial charge in [0.15, 0.2) is 0 Å². The monoisotopic (exact) mass is 261 g/mol. The van der Waals surface area contributed by atoms with Crippen LogP contribution >= 0.6 is 15.9 Å². The number of carbonyl (C=O) groups excluding carboxylic acids is 1. The largest absolute Gasteiger partial charge is 0.469 e. The molecule has 76 valence electrons. The van der Waals surface area contributed by atoms with E-state index < -0.39 is 11.8 Å². The molecular weight excluding hydrogens is 253 g/mol. The van der Waals surface area contributed by atoms with E-state index in [2.05, 4.69) is 20.7 Å². The third-order valence-electron chi connectivity index (χ3n) is 1.78. The van der Waals surface area contributed by atoms with Crippen LogP contribution in [0.5, 0.6) is 0 Å². The summed E-state index contributed by atoms with van der Waals surface area (Å²) in [6.07, 6.45) is -0.159. The minimum atomic E-state index is -0.520. The quantitative estimate of drug-likeness (QED) is 0.654. The molecule has 0 fully saturated rings. The Balaban J connectivity index is 3.06. The Bertz CT molecular complexity index is 368. The van der Waals surface area contributed by atoms with Crippen LogP contribution in [-0.2, 0) is 16.0 Å². The van der Waals surface area contributed by atoms with Gasteiger partial charge in [-0.25, -0.2) is 4.39 Å². The highest BCUT2D eigenvalue weighted by atomic mass is 79.9. The number of hydrogen-bond acceptors (Lipinski definition) is 3. The van der Waals surface area contributed by atoms with Gasteiger partial charge in [0.25, 0.3) is 0 Å². The number of hydrogen-bond donors (Lipinski definition) is 1. The van der Waals surface area contributed by atoms with E-state index in [9.17, 15) is 9.18 Å². The molecule has 0 atom stereocenters. The van der Waals surface area contributed by atoms with Gasteiger partial charge in [0.2, 0.25) is 0 Å². The van der Waals surface area contributed by atoms with Crippen LogP contribution in [0.25, 0.3) is 0 Å². The van der Waals surface area contributed by atoms with E-state index in [1.165, 1.54) is 19.2 Å². The zero-order valence-electron chi connectivity index (χ0n) is 7.51. The van der Waals surface area contributed by atoms with Gasteiger partial charge in [-0.05, 0) is 28.1 Å². The van der Waals surface area contributed by atoms with E-state index in [0.717, 1.165) is 0 Å². The van der Waals surface area contributed by atoms with Gasteiger partial charge < -0.3 is 10.5 Å². The molecule has 1 rings (SSSR count). The molecule has 3 nitrogen and oxygen atoms in total. The Hall–Kier alpha value is -1.10. The van der Waals surface area contributed by atoms with E-state index in [4.69, 9.17) is 5.73 Å². The van der Waals surface area contributed by atoms with Crippen LogP contribution in [0, 0.1) is 5.82 Å². The molecule has 0 heterocycles. The van der Waals surface area contributed by atoms with Gasteiger partial charge >= 0.3 is 5.97 Å². The Kier molecular flexibility index (Phi) is 3.46. The maximum absolute atomic E-state index is 13.4. The summed E-state index contributed by atoms with van der Waals surface area (Å²) in [4.78, 5) is 10.9. The summed E-state index contributed by atoms with van der Waals surface area (Å²) in [5, 5.41) is 0. The van der Waals surface area contributed by atoms with E-state index in [-0.39, 0.29) is 22.1 Å². The van der Waals surface area contributed by atoms with E-state index in [1.807, 2.05) is 0 Å². The first-order valence-corrected chi connectivity index (χ1v) is 4.64. The average Bonchev–Trinajstić information content (AvgIpc) is 2.18. The average molecular weight is 262 g/mol. The summed E-state index contributed by atoms with van der Waals surface area (Å²) in [5.41, 5.74) is 5.93. The predicted molar refractivity (Wildman–Crippen MR) is 54.2 cm³/mol. The second-order valence-electron chi connectivity index (χ2n) is 2.68. The second kappa shape index (κ2) is 4.41. The van der Waals surface area contributed by atoms with Crippen LogP contribution in [-0.4, -0.2) is 13.1 Å². The first-order chi connectivity index (χ1) is 6.56. The number of nitrogen functional groups attached to an aromatic ring is 1. The van der Waals surface area contributed by atoms with Crippen LogP contribution in [0.15, 0.2) is 16.6 Å². The molecule has 0 saturated carbocycles. The number of anilines is 1. The summed E-state index contributed by atoms with van der Waals surface area (Å²) in [5.74, 6) is -1.04. The highest BCUT2D eigenvalue weighted by Gasteiger charge is 2.14. The maximum Gasteiger partial charge on any atom is 0.310 e. The number of halogens is 2. The third-order valence-corrected chi connectivity index (χ3v) is 2.39. The van der Waals surface area contributed by atoms with Crippen molar-refractivity contribution in [1.82, 2.24) is 0 Å². The molecule has 0 aliphatic rings. The van der Waals surface area contributed by atoms with Crippen LogP contribution in [0.3, 0.4) is 0 Å². The lowest BCUT2D eigenvalue weighted by molar-refractivity contribution is -0.139. The van der Waals surface area contributed by atoms with Crippen molar-refractivity contribution in [3.8, 4) is 0 Å². The predicted octanol–water partition coefficient (Wildman–Crippen LogP) is 1.89. The SMILES string of the molecule is COC(=O)Cc1c(N)ccc(Br)c1F. The minimum absolute atomic E-state index is 0.159. The van der Waals surface area contributed by atoms with Crippen molar-refractivity contribution in [2.24, 2.45) is 0 Å². The summed E-state index contributed by atoms with van der Waals surface area (Å²) >= 11 is 3.01. The molecule has 1 aromatic rings. The van der Waals surface area contributed by atoms with Crippen molar-refractivity contribution in [2.45, 2.75) is 6.42 Å². The Morgan fingerprint density at radius 2 is 2.29 bits per heavy atom. The van der Waals surface area contributed by atoms with Crippen molar-refractivity contribution in [2.75, 3.05) is 12.8 Å². The molecule has 0 aromatic heterocycles. The van der Waals surface area contributed by atoms with Crippen LogP contribution in [0.1, 0.15) is 5.56 Å². The lowest BCUT2D eigenvalue weighted by atomic mass is 10.1. The van der Waals surface area contributed by atoms with E-state index >= 15 is 0 Å². The number of ether oxygens (including phenoxy) is 1. The number of nitrogens with two attached hydrogens (primary N) is 1. The Labute approximate surface area is 89.2 Å². The summed E-state index contributed by atoms with van der Waals surface area (Å²) in [6.45, 7) is 0. The van der Waals surface area contributed by atoms with Crippen LogP contribution in [0.2, 0.25) is 0 Å². The van der Waals surface area contributed by atoms with Crippen LogP contribution in [0.4, 0.5) is 10.1 Å². The van der Waals surface area contributed by atoms with Gasteiger partial charge in [-0.1, -0.05) is 0 Å². The van der Waals surface area contributed by atoms with Crippen molar-refractivity contribution >= 4 is 27.6 Å². The van der Waals surface area contributed by atoms with Gasteiger partial charge in [0.1, 0.15) is 5.82 Å². The van der Waals surface area contributed by atoms with Crippen molar-refractivity contribution in [1.29, 1.82) is 0 Å². The molecule has 0 aliphatic carbocycles. The lowest BCUT2D eigenvalue weighted by Crippen LogP contribution is -2.09. The molecule has 0 aliphatic heterocycles. The molecule has 0 bridgehead atoms. The third kappa shape index (κ3) is 2.23. The summed E-state index contributed by atoms with van der Waals surface area (Å²) in [7, 11) is 1.24. The Morgan fingerprint density at radius 1 is 1.64 bits per heavy atom. The molecule has 5 heteroatoms. The molecular formula is C9H9BrFNO2. The van der Waals surface area contributed by atoms with Gasteiger partial charge in [-0.3, -0.25) is 4.79 Å². The number of methoxy groups -OCH3 is 1. The Morgan fingerprint density at radius 3 is 2.86 bits per heavy atom. The van der Waals surface area contributed by atoms with E-state index in [0.29, 0.717) is 0 Å². The number of rotatable bonds is 2. The number of carbonyl (C=O) groups is 1. The highest BCUT2D eigenvalue weighted by Crippen LogP contribution is 2.24. The van der Waals surface area contributed by atoms with Crippen molar-refractivity contribution in [3.63, 3.8) is 0 Å². The molecule has 14 heavy (non-hydrogen) atoms. The standard InChI is InChI=1S/C9H9BrFNO2/c1-14-8(13)4-5-7(12)3-2-6(10)9(5)11/h2-3H,4,12H2,1H3. The fourth-order valence-corrected chi connectivity index (χ4v) is 1.38. The lowest BCUT2D eigenvalue weighted by Gasteiger charge is -2.06. The molecule has 0 unspecified atom stereocenters. The zero-order chi connectivity index (χ0) is 10.7. The first kappa shape index (κ1) is 11.0. The highest BCUT2D eigenvalue weighted by molar-refractivity contribution is 9.10. The number of benzene rings is 1. The summed E-state index contributed by atoms with van der Waals surface area (Å²) in [6, 6.07) is 3.02. The van der Waals surface area contributed by atoms with Gasteiger partial charge in [0.05, 0.1) is 18.0 Å². The van der Waals surface area contributed by atoms with E-state index in [1.54, 1.807) is 0 Å². The minimum Gasteiger partial charge on any atom is -0.469 e. The van der Waals surface area contributed by atoms with Gasteiger partial charge in [0, 0.05) is 11.3 Å². The van der Waals surface area contributed by atoms with Crippen LogP contribution < -0.4 is 5.73 Å². The first-order valence-electron chi connectivity index (χ1n) is 3.85. The maximum atomic E-state index is 13.4. The normalized spacial score (nSPS) is 9.93.